The summed E-state index contributed by atoms with van der Waals surface area (Å²) in [5, 5.41) is 12.5. The summed E-state index contributed by atoms with van der Waals surface area (Å²) >= 11 is 3.43. The molecule has 0 spiro atoms. The summed E-state index contributed by atoms with van der Waals surface area (Å²) in [6, 6.07) is 15.1. The Kier molecular flexibility index (Phi) is 4.75. The molecular weight excluding hydrogens is 318 g/mol. The van der Waals surface area contributed by atoms with Crippen LogP contribution in [0.4, 0.5) is 0 Å². The van der Waals surface area contributed by atoms with Gasteiger partial charge >= 0.3 is 0 Å². The number of hydrogen-bond donors (Lipinski definition) is 1. The van der Waals surface area contributed by atoms with Gasteiger partial charge in [-0.3, -0.25) is 0 Å². The van der Waals surface area contributed by atoms with Crippen molar-refractivity contribution in [2.24, 2.45) is 10.9 Å². The standard InChI is InChI=1S/C15H12BrN3O/c16-14-7-11(9-19-18)5-6-15(14)20-10-13-4-2-1-3-12(13)8-17/h1-7,9H,10,18H2. The van der Waals surface area contributed by atoms with E-state index in [1.165, 1.54) is 0 Å². The van der Waals surface area contributed by atoms with E-state index in [0.717, 1.165) is 15.6 Å². The third-order valence-electron chi connectivity index (χ3n) is 2.70. The number of hydrazone groups is 1. The lowest BCUT2D eigenvalue weighted by atomic mass is 10.1. The normalized spacial score (nSPS) is 10.4. The van der Waals surface area contributed by atoms with Gasteiger partial charge in [0.25, 0.3) is 0 Å². The van der Waals surface area contributed by atoms with E-state index in [1.807, 2.05) is 36.4 Å². The zero-order valence-corrected chi connectivity index (χ0v) is 12.2. The molecule has 4 nitrogen and oxygen atoms in total. The first-order chi connectivity index (χ1) is 9.74. The van der Waals surface area contributed by atoms with Gasteiger partial charge in [0.2, 0.25) is 0 Å². The van der Waals surface area contributed by atoms with Crippen LogP contribution in [0.25, 0.3) is 0 Å². The second-order valence-electron chi connectivity index (χ2n) is 4.03. The van der Waals surface area contributed by atoms with Gasteiger partial charge in [-0.25, -0.2) is 0 Å². The molecule has 20 heavy (non-hydrogen) atoms. The largest absolute Gasteiger partial charge is 0.488 e. The molecule has 0 bridgehead atoms. The van der Waals surface area contributed by atoms with E-state index < -0.39 is 0 Å². The first-order valence-corrected chi connectivity index (χ1v) is 6.67. The summed E-state index contributed by atoms with van der Waals surface area (Å²) < 4.78 is 6.53. The average Bonchev–Trinajstić information content (AvgIpc) is 2.47. The Morgan fingerprint density at radius 1 is 1.30 bits per heavy atom. The first-order valence-electron chi connectivity index (χ1n) is 5.88. The number of nitrogens with two attached hydrogens (primary N) is 1. The number of nitrogens with zero attached hydrogens (tertiary/aromatic N) is 2. The maximum absolute atomic E-state index is 9.02. The zero-order chi connectivity index (χ0) is 14.4. The van der Waals surface area contributed by atoms with Crippen LogP contribution in [-0.4, -0.2) is 6.21 Å². The molecule has 0 saturated heterocycles. The SMILES string of the molecule is N#Cc1ccccc1COc1ccc(C=NN)cc1Br. The summed E-state index contributed by atoms with van der Waals surface area (Å²) in [5.74, 6) is 5.81. The minimum atomic E-state index is 0.340. The summed E-state index contributed by atoms with van der Waals surface area (Å²) in [6.07, 6.45) is 1.56. The fraction of sp³-hybridized carbons (Fsp3) is 0.0667. The second-order valence-corrected chi connectivity index (χ2v) is 4.88. The summed E-state index contributed by atoms with van der Waals surface area (Å²) in [6.45, 7) is 0.340. The van der Waals surface area contributed by atoms with Gasteiger partial charge in [0, 0.05) is 5.56 Å². The molecule has 0 saturated carbocycles. The van der Waals surface area contributed by atoms with Crippen LogP contribution in [0.2, 0.25) is 0 Å². The van der Waals surface area contributed by atoms with E-state index in [-0.39, 0.29) is 0 Å². The molecule has 0 heterocycles. The highest BCUT2D eigenvalue weighted by molar-refractivity contribution is 9.10. The van der Waals surface area contributed by atoms with E-state index in [1.54, 1.807) is 12.3 Å². The lowest BCUT2D eigenvalue weighted by Crippen LogP contribution is -1.99. The van der Waals surface area contributed by atoms with E-state index in [9.17, 15) is 0 Å². The van der Waals surface area contributed by atoms with Gasteiger partial charge in [-0.15, -0.1) is 0 Å². The van der Waals surface area contributed by atoms with Crippen LogP contribution >= 0.6 is 15.9 Å². The quantitative estimate of drug-likeness (QED) is 0.532. The van der Waals surface area contributed by atoms with E-state index >= 15 is 0 Å². The van der Waals surface area contributed by atoms with Gasteiger partial charge in [0.1, 0.15) is 12.4 Å². The fourth-order valence-corrected chi connectivity index (χ4v) is 2.22. The molecule has 0 aliphatic carbocycles. The Hall–Kier alpha value is -2.32. The molecule has 0 fully saturated rings. The van der Waals surface area contributed by atoms with Crippen molar-refractivity contribution in [1.29, 1.82) is 5.26 Å². The van der Waals surface area contributed by atoms with Crippen molar-refractivity contribution in [2.75, 3.05) is 0 Å². The lowest BCUT2D eigenvalue weighted by molar-refractivity contribution is 0.304. The number of benzene rings is 2. The smallest absolute Gasteiger partial charge is 0.134 e. The lowest BCUT2D eigenvalue weighted by Gasteiger charge is -2.09. The molecular formula is C15H12BrN3O. The van der Waals surface area contributed by atoms with Crippen molar-refractivity contribution in [3.05, 3.63) is 63.6 Å². The Bertz CT molecular complexity index is 677. The minimum absolute atomic E-state index is 0.340. The molecule has 0 aliphatic rings. The molecule has 0 radical (unpaired) electrons. The molecule has 2 aromatic rings. The van der Waals surface area contributed by atoms with Crippen molar-refractivity contribution in [3.63, 3.8) is 0 Å². The third kappa shape index (κ3) is 3.37. The Labute approximate surface area is 125 Å². The molecule has 2 N–H and O–H groups in total. The van der Waals surface area contributed by atoms with Crippen molar-refractivity contribution >= 4 is 22.1 Å². The number of rotatable bonds is 4. The Balaban J connectivity index is 2.13. The summed E-state index contributed by atoms with van der Waals surface area (Å²) in [7, 11) is 0. The molecule has 0 aromatic heterocycles. The molecule has 100 valence electrons. The predicted molar refractivity (Wildman–Crippen MR) is 81.4 cm³/mol. The predicted octanol–water partition coefficient (Wildman–Crippen LogP) is 3.19. The minimum Gasteiger partial charge on any atom is -0.488 e. The Morgan fingerprint density at radius 2 is 2.10 bits per heavy atom. The van der Waals surface area contributed by atoms with Gasteiger partial charge < -0.3 is 10.6 Å². The van der Waals surface area contributed by atoms with Crippen molar-refractivity contribution in [2.45, 2.75) is 6.61 Å². The van der Waals surface area contributed by atoms with Crippen LogP contribution in [-0.2, 0) is 6.61 Å². The van der Waals surface area contributed by atoms with Crippen LogP contribution in [0.3, 0.4) is 0 Å². The van der Waals surface area contributed by atoms with E-state index in [0.29, 0.717) is 17.9 Å². The molecule has 2 rings (SSSR count). The highest BCUT2D eigenvalue weighted by Gasteiger charge is 2.05. The average molecular weight is 330 g/mol. The molecule has 0 atom stereocenters. The van der Waals surface area contributed by atoms with Gasteiger partial charge in [-0.05, 0) is 45.8 Å². The highest BCUT2D eigenvalue weighted by atomic mass is 79.9. The number of hydrogen-bond acceptors (Lipinski definition) is 4. The van der Waals surface area contributed by atoms with Gasteiger partial charge in [0.15, 0.2) is 0 Å². The Morgan fingerprint density at radius 3 is 2.80 bits per heavy atom. The summed E-state index contributed by atoms with van der Waals surface area (Å²) in [4.78, 5) is 0. The maximum atomic E-state index is 9.02. The number of ether oxygens (including phenoxy) is 1. The monoisotopic (exact) mass is 329 g/mol. The van der Waals surface area contributed by atoms with Crippen LogP contribution in [0.1, 0.15) is 16.7 Å². The molecule has 0 amide bonds. The molecule has 0 unspecified atom stereocenters. The molecule has 0 aliphatic heterocycles. The van der Waals surface area contributed by atoms with Crippen LogP contribution < -0.4 is 10.6 Å². The van der Waals surface area contributed by atoms with Gasteiger partial charge in [-0.2, -0.15) is 10.4 Å². The second kappa shape index (κ2) is 6.73. The van der Waals surface area contributed by atoms with E-state index in [2.05, 4.69) is 27.1 Å². The number of halogens is 1. The van der Waals surface area contributed by atoms with Crippen molar-refractivity contribution in [3.8, 4) is 11.8 Å². The van der Waals surface area contributed by atoms with Crippen LogP contribution in [0.15, 0.2) is 52.0 Å². The van der Waals surface area contributed by atoms with Crippen molar-refractivity contribution < 1.29 is 4.74 Å². The zero-order valence-electron chi connectivity index (χ0n) is 10.6. The van der Waals surface area contributed by atoms with Crippen LogP contribution in [0, 0.1) is 11.3 Å². The highest BCUT2D eigenvalue weighted by Crippen LogP contribution is 2.26. The molecule has 5 heteroatoms. The van der Waals surface area contributed by atoms with Crippen molar-refractivity contribution in [1.82, 2.24) is 0 Å². The van der Waals surface area contributed by atoms with Crippen LogP contribution in [0.5, 0.6) is 5.75 Å². The van der Waals surface area contributed by atoms with Gasteiger partial charge in [0.05, 0.1) is 22.3 Å². The summed E-state index contributed by atoms with van der Waals surface area (Å²) in [5.41, 5.74) is 2.36. The number of nitriles is 1. The first kappa shape index (κ1) is 14.1. The third-order valence-corrected chi connectivity index (χ3v) is 3.32. The van der Waals surface area contributed by atoms with E-state index in [4.69, 9.17) is 15.8 Å². The fourth-order valence-electron chi connectivity index (χ4n) is 1.71. The topological polar surface area (TPSA) is 71.4 Å². The van der Waals surface area contributed by atoms with Gasteiger partial charge in [-0.1, -0.05) is 18.2 Å². The maximum Gasteiger partial charge on any atom is 0.134 e. The molecule has 2 aromatic carbocycles.